The van der Waals surface area contributed by atoms with Crippen LogP contribution in [0.25, 0.3) is 0 Å². The van der Waals surface area contributed by atoms with Crippen LogP contribution >= 0.6 is 0 Å². The second-order valence-electron chi connectivity index (χ2n) is 5.24. The van der Waals surface area contributed by atoms with Crippen LogP contribution in [0, 0.1) is 5.92 Å². The van der Waals surface area contributed by atoms with Crippen molar-refractivity contribution in [2.75, 3.05) is 18.4 Å². The highest BCUT2D eigenvalue weighted by atomic mass is 16.2. The molecule has 0 aromatic heterocycles. The maximum absolute atomic E-state index is 12.3. The number of hydrogen-bond donors (Lipinski definition) is 1. The van der Waals surface area contributed by atoms with E-state index in [2.05, 4.69) is 12.2 Å². The number of likely N-dealkylation sites (tertiary alicyclic amines) is 1. The molecule has 2 aliphatic rings. The largest absolute Gasteiger partial charge is 0.338 e. The van der Waals surface area contributed by atoms with Gasteiger partial charge in [-0.2, -0.15) is 0 Å². The highest BCUT2D eigenvalue weighted by molar-refractivity contribution is 6.01. The summed E-state index contributed by atoms with van der Waals surface area (Å²) in [5.74, 6) is 0.678. The predicted octanol–water partition coefficient (Wildman–Crippen LogP) is 1.66. The van der Waals surface area contributed by atoms with Crippen LogP contribution in [-0.4, -0.2) is 29.8 Å². The van der Waals surface area contributed by atoms with Crippen molar-refractivity contribution in [3.05, 3.63) is 29.3 Å². The van der Waals surface area contributed by atoms with Gasteiger partial charge in [0, 0.05) is 24.3 Å². The molecule has 4 nitrogen and oxygen atoms in total. The summed E-state index contributed by atoms with van der Waals surface area (Å²) >= 11 is 0. The summed E-state index contributed by atoms with van der Waals surface area (Å²) < 4.78 is 0. The van der Waals surface area contributed by atoms with Crippen molar-refractivity contribution >= 4 is 17.5 Å². The van der Waals surface area contributed by atoms with E-state index in [1.54, 1.807) is 6.07 Å². The lowest BCUT2D eigenvalue weighted by molar-refractivity contribution is -0.115. The fourth-order valence-electron chi connectivity index (χ4n) is 2.66. The van der Waals surface area contributed by atoms with Gasteiger partial charge in [-0.3, -0.25) is 9.59 Å². The summed E-state index contributed by atoms with van der Waals surface area (Å²) in [5.41, 5.74) is 2.46. The third kappa shape index (κ3) is 1.88. The number of benzene rings is 1. The molecule has 1 N–H and O–H groups in total. The number of rotatable bonds is 1. The second-order valence-corrected chi connectivity index (χ2v) is 5.24. The van der Waals surface area contributed by atoms with Gasteiger partial charge in [-0.1, -0.05) is 6.92 Å². The summed E-state index contributed by atoms with van der Waals surface area (Å²) in [6, 6.07) is 5.47. The first kappa shape index (κ1) is 11.3. The number of fused-ring (bicyclic) bond motifs is 1. The Morgan fingerprint density at radius 3 is 3.00 bits per heavy atom. The van der Waals surface area contributed by atoms with Crippen molar-refractivity contribution in [1.82, 2.24) is 4.90 Å². The SMILES string of the molecule is CC1CCN(C(=O)c2ccc3c(c2)CC(=O)N3)C1. The molecule has 3 rings (SSSR count). The van der Waals surface area contributed by atoms with Crippen LogP contribution in [0.4, 0.5) is 5.69 Å². The average Bonchev–Trinajstić information content (AvgIpc) is 2.92. The quantitative estimate of drug-likeness (QED) is 0.816. The van der Waals surface area contributed by atoms with Crippen LogP contribution in [0.1, 0.15) is 29.3 Å². The van der Waals surface area contributed by atoms with E-state index in [0.717, 1.165) is 30.8 Å². The van der Waals surface area contributed by atoms with E-state index < -0.39 is 0 Å². The summed E-state index contributed by atoms with van der Waals surface area (Å²) in [6.07, 6.45) is 1.46. The number of carbonyl (C=O) groups is 2. The van der Waals surface area contributed by atoms with E-state index in [0.29, 0.717) is 17.9 Å². The molecule has 18 heavy (non-hydrogen) atoms. The number of carbonyl (C=O) groups excluding carboxylic acids is 2. The van der Waals surface area contributed by atoms with Crippen molar-refractivity contribution in [2.45, 2.75) is 19.8 Å². The Hall–Kier alpha value is -1.84. The number of nitrogens with one attached hydrogen (secondary N) is 1. The zero-order valence-corrected chi connectivity index (χ0v) is 10.4. The molecule has 0 aliphatic carbocycles. The maximum atomic E-state index is 12.3. The molecular weight excluding hydrogens is 228 g/mol. The van der Waals surface area contributed by atoms with Gasteiger partial charge in [-0.15, -0.1) is 0 Å². The molecule has 1 atom stereocenters. The predicted molar refractivity (Wildman–Crippen MR) is 68.5 cm³/mol. The minimum atomic E-state index is 0.00407. The smallest absolute Gasteiger partial charge is 0.253 e. The zero-order valence-electron chi connectivity index (χ0n) is 10.4. The number of anilines is 1. The van der Waals surface area contributed by atoms with Crippen molar-refractivity contribution in [1.29, 1.82) is 0 Å². The molecule has 1 saturated heterocycles. The molecule has 0 spiro atoms. The minimum absolute atomic E-state index is 0.00407. The van der Waals surface area contributed by atoms with Gasteiger partial charge >= 0.3 is 0 Å². The van der Waals surface area contributed by atoms with Crippen LogP contribution in [0.2, 0.25) is 0 Å². The van der Waals surface area contributed by atoms with Gasteiger partial charge in [0.05, 0.1) is 6.42 Å². The summed E-state index contributed by atoms with van der Waals surface area (Å²) in [4.78, 5) is 25.5. The molecule has 4 heteroatoms. The lowest BCUT2D eigenvalue weighted by atomic mass is 10.1. The third-order valence-electron chi connectivity index (χ3n) is 3.69. The minimum Gasteiger partial charge on any atom is -0.338 e. The normalized spacial score (nSPS) is 21.9. The summed E-state index contributed by atoms with van der Waals surface area (Å²) in [7, 11) is 0. The summed E-state index contributed by atoms with van der Waals surface area (Å²) in [5, 5.41) is 2.78. The second kappa shape index (κ2) is 4.12. The molecule has 2 aliphatic heterocycles. The number of hydrogen-bond acceptors (Lipinski definition) is 2. The molecule has 1 aromatic rings. The number of nitrogens with zero attached hydrogens (tertiary/aromatic N) is 1. The summed E-state index contributed by atoms with van der Waals surface area (Å²) in [6.45, 7) is 3.85. The first-order valence-corrected chi connectivity index (χ1v) is 6.35. The van der Waals surface area contributed by atoms with Crippen LogP contribution < -0.4 is 5.32 Å². The van der Waals surface area contributed by atoms with Gasteiger partial charge in [0.25, 0.3) is 5.91 Å². The van der Waals surface area contributed by atoms with Crippen molar-refractivity contribution in [2.24, 2.45) is 5.92 Å². The van der Waals surface area contributed by atoms with Gasteiger partial charge in [0.1, 0.15) is 0 Å². The van der Waals surface area contributed by atoms with E-state index >= 15 is 0 Å². The van der Waals surface area contributed by atoms with Crippen molar-refractivity contribution in [3.63, 3.8) is 0 Å². The molecule has 1 unspecified atom stereocenters. The first-order valence-electron chi connectivity index (χ1n) is 6.35. The fourth-order valence-corrected chi connectivity index (χ4v) is 2.66. The van der Waals surface area contributed by atoms with Crippen LogP contribution in [0.5, 0.6) is 0 Å². The molecule has 2 heterocycles. The molecular formula is C14H16N2O2. The number of amides is 2. The Labute approximate surface area is 106 Å². The lowest BCUT2D eigenvalue weighted by Crippen LogP contribution is -2.28. The van der Waals surface area contributed by atoms with E-state index in [1.807, 2.05) is 17.0 Å². The Kier molecular flexibility index (Phi) is 2.58. The fraction of sp³-hybridized carbons (Fsp3) is 0.429. The third-order valence-corrected chi connectivity index (χ3v) is 3.69. The van der Waals surface area contributed by atoms with E-state index in [4.69, 9.17) is 0 Å². The van der Waals surface area contributed by atoms with Crippen LogP contribution in [0.3, 0.4) is 0 Å². The first-order chi connectivity index (χ1) is 8.63. The van der Waals surface area contributed by atoms with Gasteiger partial charge < -0.3 is 10.2 Å². The molecule has 0 bridgehead atoms. The lowest BCUT2D eigenvalue weighted by Gasteiger charge is -2.16. The van der Waals surface area contributed by atoms with E-state index in [1.165, 1.54) is 0 Å². The van der Waals surface area contributed by atoms with E-state index in [-0.39, 0.29) is 11.8 Å². The molecule has 1 aromatic carbocycles. The highest BCUT2D eigenvalue weighted by Gasteiger charge is 2.25. The monoisotopic (exact) mass is 244 g/mol. The zero-order chi connectivity index (χ0) is 12.7. The molecule has 0 saturated carbocycles. The van der Waals surface area contributed by atoms with Gasteiger partial charge in [0.2, 0.25) is 5.91 Å². The Bertz CT molecular complexity index is 525. The molecule has 2 amide bonds. The topological polar surface area (TPSA) is 49.4 Å². The Morgan fingerprint density at radius 2 is 2.28 bits per heavy atom. The highest BCUT2D eigenvalue weighted by Crippen LogP contribution is 2.25. The van der Waals surface area contributed by atoms with Crippen molar-refractivity contribution < 1.29 is 9.59 Å². The van der Waals surface area contributed by atoms with Gasteiger partial charge in [-0.25, -0.2) is 0 Å². The molecule has 1 fully saturated rings. The average molecular weight is 244 g/mol. The van der Waals surface area contributed by atoms with Gasteiger partial charge in [-0.05, 0) is 36.1 Å². The van der Waals surface area contributed by atoms with Gasteiger partial charge in [0.15, 0.2) is 0 Å². The van der Waals surface area contributed by atoms with Crippen molar-refractivity contribution in [3.8, 4) is 0 Å². The van der Waals surface area contributed by atoms with Crippen LogP contribution in [0.15, 0.2) is 18.2 Å². The Balaban J connectivity index is 1.83. The van der Waals surface area contributed by atoms with E-state index in [9.17, 15) is 9.59 Å². The maximum Gasteiger partial charge on any atom is 0.253 e. The Morgan fingerprint density at radius 1 is 1.44 bits per heavy atom. The van der Waals surface area contributed by atoms with Crippen LogP contribution in [-0.2, 0) is 11.2 Å². The molecule has 0 radical (unpaired) electrons. The standard InChI is InChI=1S/C14H16N2O2/c1-9-4-5-16(8-9)14(18)10-2-3-12-11(6-10)7-13(17)15-12/h2-3,6,9H,4-5,7-8H2,1H3,(H,15,17). The molecule has 94 valence electrons.